The second-order valence-electron chi connectivity index (χ2n) is 3.02. The molecule has 0 aliphatic rings. The predicted octanol–water partition coefficient (Wildman–Crippen LogP) is 1.04. The first-order chi connectivity index (χ1) is 7.83. The first-order valence-corrected chi connectivity index (χ1v) is 5.00. The van der Waals surface area contributed by atoms with E-state index in [0.717, 1.165) is 5.75 Å². The summed E-state index contributed by atoms with van der Waals surface area (Å²) in [7, 11) is 1.33. The summed E-state index contributed by atoms with van der Waals surface area (Å²) >= 11 is 0. The number of pyridine rings is 1. The fraction of sp³-hybridized carbons (Fsp3) is 0.455. The smallest absolute Gasteiger partial charge is 0.331 e. The van der Waals surface area contributed by atoms with Crippen LogP contribution in [-0.2, 0) is 14.3 Å². The van der Waals surface area contributed by atoms with Crippen LogP contribution in [0.25, 0.3) is 0 Å². The Labute approximate surface area is 94.3 Å². The van der Waals surface area contributed by atoms with Crippen LogP contribution in [0.5, 0.6) is 5.75 Å². The van der Waals surface area contributed by atoms with Crippen molar-refractivity contribution in [1.29, 1.82) is 0 Å². The first kappa shape index (κ1) is 12.4. The summed E-state index contributed by atoms with van der Waals surface area (Å²) in [6.45, 7) is 0.992. The molecule has 5 nitrogen and oxygen atoms in total. The standard InChI is InChI=1S/C11H15NO4/c1-14-11(13)9-15-6-3-7-16-10-4-2-5-12-8-10/h2,4-5,8H,3,6-7,9H2,1H3. The molecule has 0 saturated carbocycles. The van der Waals surface area contributed by atoms with E-state index in [1.54, 1.807) is 12.4 Å². The predicted molar refractivity (Wildman–Crippen MR) is 57.2 cm³/mol. The van der Waals surface area contributed by atoms with Gasteiger partial charge in [0.05, 0.1) is 26.5 Å². The van der Waals surface area contributed by atoms with Gasteiger partial charge in [0.2, 0.25) is 0 Å². The number of hydrogen-bond acceptors (Lipinski definition) is 5. The van der Waals surface area contributed by atoms with Gasteiger partial charge >= 0.3 is 5.97 Å². The lowest BCUT2D eigenvalue weighted by atomic mass is 10.4. The highest BCUT2D eigenvalue weighted by atomic mass is 16.6. The van der Waals surface area contributed by atoms with Crippen molar-refractivity contribution in [3.05, 3.63) is 24.5 Å². The number of methoxy groups -OCH3 is 1. The van der Waals surface area contributed by atoms with E-state index in [9.17, 15) is 4.79 Å². The second-order valence-corrected chi connectivity index (χ2v) is 3.02. The Hall–Kier alpha value is -1.62. The van der Waals surface area contributed by atoms with Crippen LogP contribution in [0, 0.1) is 0 Å². The van der Waals surface area contributed by atoms with E-state index < -0.39 is 0 Å². The molecule has 1 aromatic rings. The summed E-state index contributed by atoms with van der Waals surface area (Å²) in [5.74, 6) is 0.364. The van der Waals surface area contributed by atoms with Gasteiger partial charge in [0, 0.05) is 12.6 Å². The van der Waals surface area contributed by atoms with Gasteiger partial charge in [0.25, 0.3) is 0 Å². The Bertz CT molecular complexity index is 302. The van der Waals surface area contributed by atoms with Gasteiger partial charge in [-0.05, 0) is 12.1 Å². The minimum atomic E-state index is -0.367. The summed E-state index contributed by atoms with van der Waals surface area (Å²) in [6.07, 6.45) is 4.05. The fourth-order valence-corrected chi connectivity index (χ4v) is 0.998. The van der Waals surface area contributed by atoms with E-state index >= 15 is 0 Å². The average molecular weight is 225 g/mol. The highest BCUT2D eigenvalue weighted by Gasteiger charge is 1.99. The molecule has 0 saturated heterocycles. The number of carbonyl (C=O) groups is 1. The third kappa shape index (κ3) is 5.31. The maximum Gasteiger partial charge on any atom is 0.331 e. The van der Waals surface area contributed by atoms with Crippen molar-refractivity contribution in [3.8, 4) is 5.75 Å². The van der Waals surface area contributed by atoms with Crippen LogP contribution in [-0.4, -0.2) is 37.9 Å². The Morgan fingerprint density at radius 1 is 1.44 bits per heavy atom. The largest absolute Gasteiger partial charge is 0.492 e. The molecule has 0 aliphatic heterocycles. The van der Waals surface area contributed by atoms with E-state index in [4.69, 9.17) is 9.47 Å². The molecule has 0 fully saturated rings. The van der Waals surface area contributed by atoms with Crippen LogP contribution in [0.1, 0.15) is 6.42 Å². The molecular formula is C11H15NO4. The van der Waals surface area contributed by atoms with Crippen LogP contribution in [0.2, 0.25) is 0 Å². The number of carbonyl (C=O) groups excluding carboxylic acids is 1. The fourth-order valence-electron chi connectivity index (χ4n) is 0.998. The number of esters is 1. The van der Waals surface area contributed by atoms with Gasteiger partial charge in [0.15, 0.2) is 0 Å². The van der Waals surface area contributed by atoms with Crippen LogP contribution >= 0.6 is 0 Å². The molecule has 1 heterocycles. The van der Waals surface area contributed by atoms with E-state index in [1.807, 2.05) is 12.1 Å². The lowest BCUT2D eigenvalue weighted by Gasteiger charge is -2.05. The maximum absolute atomic E-state index is 10.7. The first-order valence-electron chi connectivity index (χ1n) is 5.00. The van der Waals surface area contributed by atoms with Gasteiger partial charge in [-0.2, -0.15) is 0 Å². The van der Waals surface area contributed by atoms with E-state index in [0.29, 0.717) is 19.6 Å². The molecule has 0 unspecified atom stereocenters. The van der Waals surface area contributed by atoms with Gasteiger partial charge in [0.1, 0.15) is 12.4 Å². The summed E-state index contributed by atoms with van der Waals surface area (Å²) < 4.78 is 14.9. The Balaban J connectivity index is 1.98. The highest BCUT2D eigenvalue weighted by Crippen LogP contribution is 2.05. The molecule has 0 bridgehead atoms. The molecule has 0 N–H and O–H groups in total. The Morgan fingerprint density at radius 3 is 3.00 bits per heavy atom. The van der Waals surface area contributed by atoms with Gasteiger partial charge in [-0.25, -0.2) is 4.79 Å². The Kier molecular flexibility index (Phi) is 5.95. The maximum atomic E-state index is 10.7. The van der Waals surface area contributed by atoms with Crippen LogP contribution < -0.4 is 4.74 Å². The quantitative estimate of drug-likeness (QED) is 0.512. The zero-order chi connectivity index (χ0) is 11.6. The van der Waals surface area contributed by atoms with Crippen LogP contribution in [0.4, 0.5) is 0 Å². The van der Waals surface area contributed by atoms with Crippen molar-refractivity contribution in [2.24, 2.45) is 0 Å². The molecule has 0 aromatic carbocycles. The molecular weight excluding hydrogens is 210 g/mol. The highest BCUT2D eigenvalue weighted by molar-refractivity contribution is 5.70. The number of hydrogen-bond donors (Lipinski definition) is 0. The van der Waals surface area contributed by atoms with Crippen LogP contribution in [0.15, 0.2) is 24.5 Å². The minimum absolute atomic E-state index is 0.0105. The molecule has 0 spiro atoms. The number of rotatable bonds is 7. The number of nitrogens with zero attached hydrogens (tertiary/aromatic N) is 1. The zero-order valence-electron chi connectivity index (χ0n) is 9.22. The molecule has 0 atom stereocenters. The minimum Gasteiger partial charge on any atom is -0.492 e. The average Bonchev–Trinajstić information content (AvgIpc) is 2.34. The van der Waals surface area contributed by atoms with Crippen LogP contribution in [0.3, 0.4) is 0 Å². The molecule has 5 heteroatoms. The van der Waals surface area contributed by atoms with Crippen molar-refractivity contribution in [2.75, 3.05) is 26.9 Å². The van der Waals surface area contributed by atoms with Crippen molar-refractivity contribution in [1.82, 2.24) is 4.98 Å². The van der Waals surface area contributed by atoms with Gasteiger partial charge in [-0.15, -0.1) is 0 Å². The second kappa shape index (κ2) is 7.64. The molecule has 1 aromatic heterocycles. The van der Waals surface area contributed by atoms with Gasteiger partial charge in [-0.3, -0.25) is 4.98 Å². The normalized spacial score (nSPS) is 9.81. The van der Waals surface area contributed by atoms with Crippen molar-refractivity contribution < 1.29 is 19.0 Å². The molecule has 0 aliphatic carbocycles. The summed E-state index contributed by atoms with van der Waals surface area (Å²) in [4.78, 5) is 14.6. The third-order valence-electron chi connectivity index (χ3n) is 1.78. The van der Waals surface area contributed by atoms with Crippen molar-refractivity contribution in [2.45, 2.75) is 6.42 Å². The number of aromatic nitrogens is 1. The summed E-state index contributed by atoms with van der Waals surface area (Å²) in [5, 5.41) is 0. The zero-order valence-corrected chi connectivity index (χ0v) is 9.22. The third-order valence-corrected chi connectivity index (χ3v) is 1.78. The van der Waals surface area contributed by atoms with Gasteiger partial charge < -0.3 is 14.2 Å². The monoisotopic (exact) mass is 225 g/mol. The van der Waals surface area contributed by atoms with Crippen molar-refractivity contribution in [3.63, 3.8) is 0 Å². The molecule has 16 heavy (non-hydrogen) atoms. The molecule has 0 amide bonds. The van der Waals surface area contributed by atoms with E-state index in [-0.39, 0.29) is 12.6 Å². The lowest BCUT2D eigenvalue weighted by Crippen LogP contribution is -2.12. The van der Waals surface area contributed by atoms with Crippen molar-refractivity contribution >= 4 is 5.97 Å². The topological polar surface area (TPSA) is 57.7 Å². The molecule has 1 rings (SSSR count). The molecule has 88 valence electrons. The Morgan fingerprint density at radius 2 is 2.31 bits per heavy atom. The summed E-state index contributed by atoms with van der Waals surface area (Å²) in [5.41, 5.74) is 0. The SMILES string of the molecule is COC(=O)COCCCOc1cccnc1. The summed E-state index contributed by atoms with van der Waals surface area (Å²) in [6, 6.07) is 3.64. The van der Waals surface area contributed by atoms with E-state index in [1.165, 1.54) is 7.11 Å². The molecule has 0 radical (unpaired) electrons. The van der Waals surface area contributed by atoms with E-state index in [2.05, 4.69) is 9.72 Å². The number of ether oxygens (including phenoxy) is 3. The lowest BCUT2D eigenvalue weighted by molar-refractivity contribution is -0.145. The van der Waals surface area contributed by atoms with Gasteiger partial charge in [-0.1, -0.05) is 0 Å².